The van der Waals surface area contributed by atoms with Crippen molar-refractivity contribution in [3.05, 3.63) is 0 Å². The van der Waals surface area contributed by atoms with Crippen molar-refractivity contribution < 1.29 is 14.6 Å². The van der Waals surface area contributed by atoms with Gasteiger partial charge in [0.15, 0.2) is 0 Å². The highest BCUT2D eigenvalue weighted by atomic mass is 16.5. The Balaban J connectivity index is 2.22. The molecular weight excluding hydrogens is 194 g/mol. The average molecular weight is 217 g/mol. The predicted octanol–water partition coefficient (Wildman–Crippen LogP) is 0.493. The van der Waals surface area contributed by atoms with E-state index in [9.17, 15) is 5.11 Å². The van der Waals surface area contributed by atoms with Crippen LogP contribution in [0.4, 0.5) is 0 Å². The maximum Gasteiger partial charge on any atom is 0.0739 e. The van der Waals surface area contributed by atoms with E-state index in [0.29, 0.717) is 19.8 Å². The van der Waals surface area contributed by atoms with Crippen molar-refractivity contribution >= 4 is 0 Å². The Morgan fingerprint density at radius 3 is 2.87 bits per heavy atom. The van der Waals surface area contributed by atoms with Crippen LogP contribution in [0.25, 0.3) is 0 Å². The number of ether oxygens (including phenoxy) is 2. The van der Waals surface area contributed by atoms with E-state index in [0.717, 1.165) is 13.0 Å². The number of hydrogen-bond acceptors (Lipinski definition) is 4. The molecule has 0 bridgehead atoms. The molecule has 2 atom stereocenters. The third-order valence-electron chi connectivity index (χ3n) is 2.75. The minimum Gasteiger partial charge on any atom is -0.391 e. The van der Waals surface area contributed by atoms with Gasteiger partial charge in [-0.1, -0.05) is 0 Å². The lowest BCUT2D eigenvalue weighted by molar-refractivity contribution is -0.0609. The van der Waals surface area contributed by atoms with Gasteiger partial charge >= 0.3 is 0 Å². The monoisotopic (exact) mass is 217 g/mol. The lowest BCUT2D eigenvalue weighted by Gasteiger charge is -2.35. The lowest BCUT2D eigenvalue weighted by Crippen LogP contribution is -2.49. The van der Waals surface area contributed by atoms with Gasteiger partial charge < -0.3 is 14.6 Å². The van der Waals surface area contributed by atoms with Crippen LogP contribution in [0.15, 0.2) is 0 Å². The van der Waals surface area contributed by atoms with E-state index in [1.54, 1.807) is 0 Å². The minimum absolute atomic E-state index is 0.120. The molecule has 0 aromatic carbocycles. The molecule has 0 amide bonds. The van der Waals surface area contributed by atoms with Gasteiger partial charge in [-0.05, 0) is 27.3 Å². The van der Waals surface area contributed by atoms with Crippen molar-refractivity contribution in [2.24, 2.45) is 0 Å². The molecule has 4 heteroatoms. The summed E-state index contributed by atoms with van der Waals surface area (Å²) >= 11 is 0. The van der Waals surface area contributed by atoms with Gasteiger partial charge in [0.1, 0.15) is 0 Å². The molecule has 1 fully saturated rings. The summed E-state index contributed by atoms with van der Waals surface area (Å²) < 4.78 is 10.8. The second-order valence-corrected chi connectivity index (χ2v) is 4.40. The molecule has 0 aliphatic carbocycles. The van der Waals surface area contributed by atoms with Crippen LogP contribution < -0.4 is 0 Å². The van der Waals surface area contributed by atoms with Crippen molar-refractivity contribution in [1.82, 2.24) is 4.90 Å². The van der Waals surface area contributed by atoms with Crippen molar-refractivity contribution in [3.8, 4) is 0 Å². The minimum atomic E-state index is -0.261. The van der Waals surface area contributed by atoms with E-state index in [1.807, 2.05) is 20.9 Å². The Kier molecular flexibility index (Phi) is 5.53. The van der Waals surface area contributed by atoms with Crippen LogP contribution in [0.1, 0.15) is 20.3 Å². The third kappa shape index (κ3) is 4.47. The van der Waals surface area contributed by atoms with Crippen LogP contribution in [0.2, 0.25) is 0 Å². The number of aliphatic hydroxyl groups is 1. The molecule has 1 aliphatic rings. The number of rotatable bonds is 5. The normalized spacial score (nSPS) is 27.6. The Hall–Kier alpha value is -0.160. The first-order valence-electron chi connectivity index (χ1n) is 5.69. The van der Waals surface area contributed by atoms with Gasteiger partial charge in [-0.2, -0.15) is 0 Å². The summed E-state index contributed by atoms with van der Waals surface area (Å²) in [5, 5.41) is 9.79. The molecule has 0 radical (unpaired) electrons. The Bertz CT molecular complexity index is 175. The Morgan fingerprint density at radius 1 is 1.53 bits per heavy atom. The summed E-state index contributed by atoms with van der Waals surface area (Å²) in [6.45, 7) is 6.89. The van der Waals surface area contributed by atoms with Crippen molar-refractivity contribution in [1.29, 1.82) is 0 Å². The summed E-state index contributed by atoms with van der Waals surface area (Å²) in [5.74, 6) is 0. The second-order valence-electron chi connectivity index (χ2n) is 4.40. The standard InChI is InChI=1S/C11H23NO3/c1-9(2)15-7-5-12(3)10-8-14-6-4-11(10)13/h9-11,13H,4-8H2,1-3H3. The van der Waals surface area contributed by atoms with Gasteiger partial charge in [0.25, 0.3) is 0 Å². The first kappa shape index (κ1) is 12.9. The quantitative estimate of drug-likeness (QED) is 0.728. The van der Waals surface area contributed by atoms with Crippen LogP contribution in [-0.2, 0) is 9.47 Å². The van der Waals surface area contributed by atoms with Gasteiger partial charge in [-0.15, -0.1) is 0 Å². The Labute approximate surface area is 92.2 Å². The van der Waals surface area contributed by atoms with Crippen LogP contribution >= 0.6 is 0 Å². The van der Waals surface area contributed by atoms with Crippen LogP contribution in [0, 0.1) is 0 Å². The molecule has 4 nitrogen and oxygen atoms in total. The third-order valence-corrected chi connectivity index (χ3v) is 2.75. The van der Waals surface area contributed by atoms with E-state index in [2.05, 4.69) is 4.90 Å². The van der Waals surface area contributed by atoms with Gasteiger partial charge in [-0.3, -0.25) is 4.90 Å². The number of aliphatic hydroxyl groups excluding tert-OH is 1. The maximum atomic E-state index is 9.79. The first-order chi connectivity index (χ1) is 7.11. The molecule has 1 aliphatic heterocycles. The zero-order chi connectivity index (χ0) is 11.3. The van der Waals surface area contributed by atoms with Gasteiger partial charge in [0, 0.05) is 13.2 Å². The SMILES string of the molecule is CC(C)OCCN(C)C1COCCC1O. The molecule has 1 rings (SSSR count). The van der Waals surface area contributed by atoms with Crippen LogP contribution in [-0.4, -0.2) is 61.7 Å². The van der Waals surface area contributed by atoms with Crippen LogP contribution in [0.5, 0.6) is 0 Å². The second kappa shape index (κ2) is 6.43. The highest BCUT2D eigenvalue weighted by Gasteiger charge is 2.26. The molecule has 15 heavy (non-hydrogen) atoms. The van der Waals surface area contributed by atoms with E-state index in [1.165, 1.54) is 0 Å². The smallest absolute Gasteiger partial charge is 0.0739 e. The van der Waals surface area contributed by atoms with Gasteiger partial charge in [-0.25, -0.2) is 0 Å². The van der Waals surface area contributed by atoms with Crippen molar-refractivity contribution in [2.75, 3.05) is 33.4 Å². The predicted molar refractivity (Wildman–Crippen MR) is 58.9 cm³/mol. The van der Waals surface area contributed by atoms with Crippen LogP contribution in [0.3, 0.4) is 0 Å². The van der Waals surface area contributed by atoms with E-state index in [4.69, 9.17) is 9.47 Å². The summed E-state index contributed by atoms with van der Waals surface area (Å²) in [4.78, 5) is 2.12. The summed E-state index contributed by atoms with van der Waals surface area (Å²) in [5.41, 5.74) is 0. The lowest BCUT2D eigenvalue weighted by atomic mass is 10.1. The number of nitrogens with zero attached hydrogens (tertiary/aromatic N) is 1. The van der Waals surface area contributed by atoms with Gasteiger partial charge in [0.05, 0.1) is 31.5 Å². The highest BCUT2D eigenvalue weighted by Crippen LogP contribution is 2.12. The first-order valence-corrected chi connectivity index (χ1v) is 5.69. The maximum absolute atomic E-state index is 9.79. The highest BCUT2D eigenvalue weighted by molar-refractivity contribution is 4.80. The average Bonchev–Trinajstić information content (AvgIpc) is 2.17. The molecule has 1 N–H and O–H groups in total. The van der Waals surface area contributed by atoms with Crippen molar-refractivity contribution in [3.63, 3.8) is 0 Å². The molecule has 0 spiro atoms. The molecular formula is C11H23NO3. The summed E-state index contributed by atoms with van der Waals surface area (Å²) in [7, 11) is 2.01. The fraction of sp³-hybridized carbons (Fsp3) is 1.00. The van der Waals surface area contributed by atoms with Crippen molar-refractivity contribution in [2.45, 2.75) is 38.5 Å². The van der Waals surface area contributed by atoms with E-state index in [-0.39, 0.29) is 18.2 Å². The number of likely N-dealkylation sites (N-methyl/N-ethyl adjacent to an activating group) is 1. The molecule has 2 unspecified atom stereocenters. The molecule has 0 aromatic rings. The fourth-order valence-electron chi connectivity index (χ4n) is 1.73. The topological polar surface area (TPSA) is 41.9 Å². The largest absolute Gasteiger partial charge is 0.391 e. The zero-order valence-corrected chi connectivity index (χ0v) is 9.98. The van der Waals surface area contributed by atoms with E-state index < -0.39 is 0 Å². The Morgan fingerprint density at radius 2 is 2.27 bits per heavy atom. The molecule has 90 valence electrons. The molecule has 1 saturated heterocycles. The van der Waals surface area contributed by atoms with E-state index >= 15 is 0 Å². The molecule has 0 aromatic heterocycles. The molecule has 0 saturated carbocycles. The zero-order valence-electron chi connectivity index (χ0n) is 9.98. The number of hydrogen-bond donors (Lipinski definition) is 1. The molecule has 1 heterocycles. The summed E-state index contributed by atoms with van der Waals surface area (Å²) in [6.07, 6.45) is 0.744. The summed E-state index contributed by atoms with van der Waals surface area (Å²) in [6, 6.07) is 0.120. The van der Waals surface area contributed by atoms with Gasteiger partial charge in [0.2, 0.25) is 0 Å². The fourth-order valence-corrected chi connectivity index (χ4v) is 1.73.